The maximum absolute atomic E-state index is 10.2. The first-order valence-corrected chi connectivity index (χ1v) is 3.78. The molecule has 0 aromatic rings. The number of carbonyl (C=O) groups is 1. The molecule has 0 aliphatic heterocycles. The van der Waals surface area contributed by atoms with Crippen LogP contribution in [0.25, 0.3) is 0 Å². The highest BCUT2D eigenvalue weighted by atomic mass is 16.2. The molecule has 0 aromatic carbocycles. The van der Waals surface area contributed by atoms with Crippen LogP contribution >= 0.6 is 0 Å². The predicted octanol–water partition coefficient (Wildman–Crippen LogP) is 1.63. The minimum Gasteiger partial charge on any atom is -0.392 e. The van der Waals surface area contributed by atoms with Crippen LogP contribution in [0.15, 0.2) is 35.5 Å². The van der Waals surface area contributed by atoms with Crippen LogP contribution in [0.5, 0.6) is 0 Å². The van der Waals surface area contributed by atoms with Gasteiger partial charge in [0.15, 0.2) is 0 Å². The van der Waals surface area contributed by atoms with Crippen LogP contribution in [0.3, 0.4) is 0 Å². The monoisotopic (exact) mass is 166 g/mol. The number of rotatable bonds is 4. The Balaban J connectivity index is 4.17. The summed E-state index contributed by atoms with van der Waals surface area (Å²) in [7, 11) is 0. The lowest BCUT2D eigenvalue weighted by atomic mass is 10.2. The Hall–Kier alpha value is -1.15. The van der Waals surface area contributed by atoms with Crippen molar-refractivity contribution in [2.45, 2.75) is 13.8 Å². The molecule has 0 radical (unpaired) electrons. The number of hydrogen-bond acceptors (Lipinski definition) is 2. The van der Waals surface area contributed by atoms with Crippen molar-refractivity contribution in [3.8, 4) is 0 Å². The van der Waals surface area contributed by atoms with Gasteiger partial charge in [0.2, 0.25) is 0 Å². The molecule has 0 fully saturated rings. The summed E-state index contributed by atoms with van der Waals surface area (Å²) >= 11 is 0. The molecule has 0 aliphatic rings. The third-order valence-corrected chi connectivity index (χ3v) is 1.28. The molecule has 66 valence electrons. The molecule has 2 nitrogen and oxygen atoms in total. The minimum absolute atomic E-state index is 0.0432. The normalized spacial score (nSPS) is 13.9. The summed E-state index contributed by atoms with van der Waals surface area (Å²) in [4.78, 5) is 10.2. The van der Waals surface area contributed by atoms with Gasteiger partial charge in [-0.2, -0.15) is 0 Å². The first kappa shape index (κ1) is 10.8. The molecular weight excluding hydrogens is 152 g/mol. The molecule has 0 unspecified atom stereocenters. The van der Waals surface area contributed by atoms with Crippen molar-refractivity contribution in [2.75, 3.05) is 6.61 Å². The zero-order valence-corrected chi connectivity index (χ0v) is 7.45. The van der Waals surface area contributed by atoms with E-state index < -0.39 is 0 Å². The van der Waals surface area contributed by atoms with Crippen LogP contribution < -0.4 is 0 Å². The van der Waals surface area contributed by atoms with Gasteiger partial charge in [0.05, 0.1) is 6.61 Å². The average molecular weight is 166 g/mol. The maximum Gasteiger partial charge on any atom is 0.145 e. The highest BCUT2D eigenvalue weighted by Gasteiger charge is 1.81. The molecule has 0 aromatic heterocycles. The van der Waals surface area contributed by atoms with E-state index in [9.17, 15) is 4.79 Å². The number of aldehydes is 1. The molecule has 0 saturated heterocycles. The zero-order valence-electron chi connectivity index (χ0n) is 7.45. The Morgan fingerprint density at radius 2 is 1.83 bits per heavy atom. The maximum atomic E-state index is 10.2. The van der Waals surface area contributed by atoms with E-state index in [2.05, 4.69) is 0 Å². The minimum atomic E-state index is 0.0432. The summed E-state index contributed by atoms with van der Waals surface area (Å²) in [6, 6.07) is 0. The fraction of sp³-hybridized carbons (Fsp3) is 0.300. The van der Waals surface area contributed by atoms with Gasteiger partial charge in [-0.15, -0.1) is 0 Å². The second kappa shape index (κ2) is 6.55. The molecule has 0 bridgehead atoms. The smallest absolute Gasteiger partial charge is 0.145 e. The molecule has 0 atom stereocenters. The van der Waals surface area contributed by atoms with Crippen molar-refractivity contribution < 1.29 is 9.90 Å². The van der Waals surface area contributed by atoms with Crippen molar-refractivity contribution in [1.29, 1.82) is 0 Å². The van der Waals surface area contributed by atoms with E-state index in [0.717, 1.165) is 11.9 Å². The third-order valence-electron chi connectivity index (χ3n) is 1.28. The van der Waals surface area contributed by atoms with Gasteiger partial charge in [-0.1, -0.05) is 29.9 Å². The highest BCUT2D eigenvalue weighted by Crippen LogP contribution is 1.97. The van der Waals surface area contributed by atoms with Gasteiger partial charge in [-0.25, -0.2) is 0 Å². The van der Waals surface area contributed by atoms with E-state index in [1.54, 1.807) is 25.2 Å². The topological polar surface area (TPSA) is 37.3 Å². The fourth-order valence-corrected chi connectivity index (χ4v) is 0.596. The van der Waals surface area contributed by atoms with Gasteiger partial charge in [-0.05, 0) is 19.4 Å². The predicted molar refractivity (Wildman–Crippen MR) is 49.8 cm³/mol. The summed E-state index contributed by atoms with van der Waals surface area (Å²) in [6.07, 6.45) is 7.82. The van der Waals surface area contributed by atoms with Crippen molar-refractivity contribution in [1.82, 2.24) is 0 Å². The lowest BCUT2D eigenvalue weighted by Crippen LogP contribution is -1.75. The van der Waals surface area contributed by atoms with Gasteiger partial charge in [0.1, 0.15) is 6.29 Å². The van der Waals surface area contributed by atoms with Gasteiger partial charge in [0, 0.05) is 0 Å². The summed E-state index contributed by atoms with van der Waals surface area (Å²) in [5.41, 5.74) is 1.69. The molecule has 0 spiro atoms. The molecule has 2 heteroatoms. The molecule has 0 rings (SSSR count). The van der Waals surface area contributed by atoms with E-state index >= 15 is 0 Å². The van der Waals surface area contributed by atoms with Gasteiger partial charge >= 0.3 is 0 Å². The Morgan fingerprint density at radius 1 is 1.25 bits per heavy atom. The van der Waals surface area contributed by atoms with Gasteiger partial charge in [-0.3, -0.25) is 4.79 Å². The average Bonchev–Trinajstić information content (AvgIpc) is 2.10. The second-order valence-corrected chi connectivity index (χ2v) is 2.52. The third kappa shape index (κ3) is 5.62. The van der Waals surface area contributed by atoms with Crippen LogP contribution in [0.1, 0.15) is 13.8 Å². The van der Waals surface area contributed by atoms with Crippen molar-refractivity contribution in [3.63, 3.8) is 0 Å². The van der Waals surface area contributed by atoms with Gasteiger partial charge in [0.25, 0.3) is 0 Å². The van der Waals surface area contributed by atoms with E-state index in [1.807, 2.05) is 13.0 Å². The summed E-state index contributed by atoms with van der Waals surface area (Å²) in [6.45, 7) is 3.69. The molecule has 1 N–H and O–H groups in total. The Bertz CT molecular complexity index is 222. The van der Waals surface area contributed by atoms with Crippen LogP contribution in [0.4, 0.5) is 0 Å². The zero-order chi connectivity index (χ0) is 9.40. The summed E-state index contributed by atoms with van der Waals surface area (Å²) < 4.78 is 0. The summed E-state index contributed by atoms with van der Waals surface area (Å²) in [5.74, 6) is 0. The molecule has 0 saturated carbocycles. The van der Waals surface area contributed by atoms with Crippen molar-refractivity contribution in [2.24, 2.45) is 0 Å². The number of aliphatic hydroxyl groups excluding tert-OH is 1. The second-order valence-electron chi connectivity index (χ2n) is 2.52. The van der Waals surface area contributed by atoms with Crippen molar-refractivity contribution in [3.05, 3.63) is 35.5 Å². The first-order chi connectivity index (χ1) is 5.70. The molecule has 0 heterocycles. The lowest BCUT2D eigenvalue weighted by Gasteiger charge is -1.88. The molecule has 0 aliphatic carbocycles. The van der Waals surface area contributed by atoms with E-state index in [-0.39, 0.29) is 6.61 Å². The standard InChI is InChI=1S/C10H14O2/c1-9(4-3-7-11)5-6-10(2)8-12/h3-6,8,11H,7H2,1-2H3/b4-3+,9-5+,10-6+. The van der Waals surface area contributed by atoms with E-state index in [1.165, 1.54) is 0 Å². The van der Waals surface area contributed by atoms with E-state index in [0.29, 0.717) is 5.57 Å². The molecule has 0 amide bonds. The number of allylic oxidation sites excluding steroid dienone is 5. The molecular formula is C10H14O2. The van der Waals surface area contributed by atoms with Crippen LogP contribution in [-0.4, -0.2) is 18.0 Å². The van der Waals surface area contributed by atoms with Crippen molar-refractivity contribution >= 4 is 6.29 Å². The van der Waals surface area contributed by atoms with Crippen LogP contribution in [0, 0.1) is 0 Å². The van der Waals surface area contributed by atoms with E-state index in [4.69, 9.17) is 5.11 Å². The summed E-state index contributed by atoms with van der Waals surface area (Å²) in [5, 5.41) is 8.45. The fourth-order valence-electron chi connectivity index (χ4n) is 0.596. The number of carbonyl (C=O) groups excluding carboxylic acids is 1. The van der Waals surface area contributed by atoms with Crippen LogP contribution in [0.2, 0.25) is 0 Å². The Morgan fingerprint density at radius 3 is 2.33 bits per heavy atom. The lowest BCUT2D eigenvalue weighted by molar-refractivity contribution is -0.104. The Labute approximate surface area is 72.9 Å². The highest BCUT2D eigenvalue weighted by molar-refractivity contribution is 5.72. The van der Waals surface area contributed by atoms with Gasteiger partial charge < -0.3 is 5.11 Å². The van der Waals surface area contributed by atoms with Crippen LogP contribution in [-0.2, 0) is 4.79 Å². The molecule has 12 heavy (non-hydrogen) atoms. The Kier molecular flexibility index (Phi) is 5.93. The quantitative estimate of drug-likeness (QED) is 0.391. The number of aliphatic hydroxyl groups is 1. The number of hydrogen-bond donors (Lipinski definition) is 1. The first-order valence-electron chi connectivity index (χ1n) is 3.78. The SMILES string of the molecule is C\C(C=O)=C/C=C(C)/C=C/CO. The largest absolute Gasteiger partial charge is 0.392 e.